The van der Waals surface area contributed by atoms with Crippen LogP contribution in [-0.2, 0) is 15.6 Å². The Hall–Kier alpha value is -3.78. The van der Waals surface area contributed by atoms with Crippen LogP contribution in [0.25, 0.3) is 6.08 Å². The molecule has 0 saturated carbocycles. The van der Waals surface area contributed by atoms with E-state index in [1.54, 1.807) is 6.07 Å². The number of nitro groups is 1. The molecule has 0 fully saturated rings. The summed E-state index contributed by atoms with van der Waals surface area (Å²) >= 11 is 0. The first-order chi connectivity index (χ1) is 14.7. The fourth-order valence-corrected chi connectivity index (χ4v) is 3.97. The summed E-state index contributed by atoms with van der Waals surface area (Å²) in [5.41, 5.74) is -0.0230. The van der Waals surface area contributed by atoms with E-state index in [1.165, 1.54) is 52.7 Å². The van der Waals surface area contributed by atoms with Crippen molar-refractivity contribution in [3.05, 3.63) is 56.5 Å². The Balaban J connectivity index is 2.54. The smallest absolute Gasteiger partial charge is 0.311 e. The first-order valence-electron chi connectivity index (χ1n) is 8.66. The second-order valence-electron chi connectivity index (χ2n) is 6.09. The number of nitrogens with zero attached hydrogens (tertiary/aromatic N) is 2. The number of allylic oxidation sites excluding steroid dienone is 1. The molecule has 0 aromatic heterocycles. The highest BCUT2D eigenvalue weighted by Crippen LogP contribution is 2.36. The number of nitro benzene ring substituents is 1. The molecule has 0 bridgehead atoms. The summed E-state index contributed by atoms with van der Waals surface area (Å²) < 4.78 is 46.4. The molecular formula is C20H20N2O8S. The molecule has 2 aromatic rings. The van der Waals surface area contributed by atoms with E-state index >= 15 is 0 Å². The molecular weight excluding hydrogens is 428 g/mol. The highest BCUT2D eigenvalue weighted by atomic mass is 32.2. The molecule has 0 unspecified atom stereocenters. The standard InChI is InChI=1S/C20H20N2O8S/c1-27-14-8-19(29-3)16(20(9-14)30-4)10-15(11-21)31(25,26)12-13-5-6-18(28-2)17(7-13)22(23)24/h5-10H,12H2,1-4H3. The molecule has 164 valence electrons. The zero-order chi connectivity index (χ0) is 23.2. The minimum absolute atomic E-state index is 0.00472. The normalized spacial score (nSPS) is 11.4. The lowest BCUT2D eigenvalue weighted by Crippen LogP contribution is -2.07. The molecule has 0 aliphatic heterocycles. The summed E-state index contributed by atoms with van der Waals surface area (Å²) in [6.45, 7) is 0. The van der Waals surface area contributed by atoms with Gasteiger partial charge in [-0.1, -0.05) is 6.07 Å². The monoisotopic (exact) mass is 448 g/mol. The molecule has 0 radical (unpaired) electrons. The molecule has 0 aliphatic carbocycles. The summed E-state index contributed by atoms with van der Waals surface area (Å²) in [7, 11) is 1.31. The number of ether oxygens (including phenoxy) is 4. The van der Waals surface area contributed by atoms with Crippen LogP contribution in [0.15, 0.2) is 35.2 Å². The Morgan fingerprint density at radius 2 is 1.61 bits per heavy atom. The van der Waals surface area contributed by atoms with E-state index in [1.807, 2.05) is 0 Å². The van der Waals surface area contributed by atoms with Crippen LogP contribution in [0.4, 0.5) is 5.69 Å². The second kappa shape index (κ2) is 9.82. The first kappa shape index (κ1) is 23.5. The van der Waals surface area contributed by atoms with Crippen molar-refractivity contribution >= 4 is 21.6 Å². The Kier molecular flexibility index (Phi) is 7.44. The summed E-state index contributed by atoms with van der Waals surface area (Å²) in [5, 5.41) is 20.7. The van der Waals surface area contributed by atoms with Crippen molar-refractivity contribution in [3.8, 4) is 29.1 Å². The van der Waals surface area contributed by atoms with E-state index in [9.17, 15) is 23.8 Å². The maximum absolute atomic E-state index is 12.9. The number of benzene rings is 2. The molecule has 0 N–H and O–H groups in total. The fourth-order valence-electron chi connectivity index (χ4n) is 2.76. The molecule has 2 aromatic carbocycles. The van der Waals surface area contributed by atoms with Crippen LogP contribution in [-0.4, -0.2) is 41.8 Å². The predicted molar refractivity (Wildman–Crippen MR) is 112 cm³/mol. The van der Waals surface area contributed by atoms with Gasteiger partial charge in [0.05, 0.1) is 44.7 Å². The molecule has 0 saturated heterocycles. The predicted octanol–water partition coefficient (Wildman–Crippen LogP) is 3.11. The van der Waals surface area contributed by atoms with Crippen LogP contribution >= 0.6 is 0 Å². The average Bonchev–Trinajstić information content (AvgIpc) is 2.76. The maximum atomic E-state index is 12.9. The van der Waals surface area contributed by atoms with Gasteiger partial charge in [-0.2, -0.15) is 5.26 Å². The Morgan fingerprint density at radius 3 is 2.06 bits per heavy atom. The van der Waals surface area contributed by atoms with Crippen LogP contribution < -0.4 is 18.9 Å². The number of sulfone groups is 1. The highest BCUT2D eigenvalue weighted by Gasteiger charge is 2.24. The van der Waals surface area contributed by atoms with E-state index in [-0.39, 0.29) is 34.1 Å². The molecule has 11 heteroatoms. The summed E-state index contributed by atoms with van der Waals surface area (Å²) in [6.07, 6.45) is 1.13. The summed E-state index contributed by atoms with van der Waals surface area (Å²) in [6, 6.07) is 8.49. The van der Waals surface area contributed by atoms with Crippen molar-refractivity contribution < 1.29 is 32.3 Å². The third-order valence-electron chi connectivity index (χ3n) is 4.27. The lowest BCUT2D eigenvalue weighted by Gasteiger charge is -2.13. The Bertz CT molecular complexity index is 1140. The van der Waals surface area contributed by atoms with E-state index < -0.39 is 25.4 Å². The molecule has 10 nitrogen and oxygen atoms in total. The van der Waals surface area contributed by atoms with E-state index in [0.717, 1.165) is 12.1 Å². The fraction of sp³-hybridized carbons (Fsp3) is 0.250. The quantitative estimate of drug-likeness (QED) is 0.322. The van der Waals surface area contributed by atoms with Crippen LogP contribution in [0.3, 0.4) is 0 Å². The second-order valence-corrected chi connectivity index (χ2v) is 8.05. The van der Waals surface area contributed by atoms with Gasteiger partial charge in [-0.05, 0) is 17.7 Å². The number of methoxy groups -OCH3 is 4. The van der Waals surface area contributed by atoms with Gasteiger partial charge in [0.1, 0.15) is 28.2 Å². The summed E-state index contributed by atoms with van der Waals surface area (Å²) in [5.74, 6) is 0.254. The van der Waals surface area contributed by atoms with Gasteiger partial charge in [0, 0.05) is 18.2 Å². The number of hydrogen-bond donors (Lipinski definition) is 0. The van der Waals surface area contributed by atoms with Crippen LogP contribution in [0, 0.1) is 21.4 Å². The van der Waals surface area contributed by atoms with Crippen molar-refractivity contribution in [3.63, 3.8) is 0 Å². The third-order valence-corrected chi connectivity index (χ3v) is 5.86. The van der Waals surface area contributed by atoms with Crippen molar-refractivity contribution in [2.45, 2.75) is 5.75 Å². The molecule has 0 amide bonds. The number of hydrogen-bond acceptors (Lipinski definition) is 9. The lowest BCUT2D eigenvalue weighted by atomic mass is 10.1. The van der Waals surface area contributed by atoms with Crippen LogP contribution in [0.1, 0.15) is 11.1 Å². The Morgan fingerprint density at radius 1 is 1.03 bits per heavy atom. The van der Waals surface area contributed by atoms with Gasteiger partial charge in [0.2, 0.25) is 0 Å². The van der Waals surface area contributed by atoms with E-state index in [2.05, 4.69) is 0 Å². The van der Waals surface area contributed by atoms with E-state index in [0.29, 0.717) is 5.75 Å². The largest absolute Gasteiger partial charge is 0.496 e. The zero-order valence-corrected chi connectivity index (χ0v) is 18.1. The topological polar surface area (TPSA) is 138 Å². The van der Waals surface area contributed by atoms with Crippen LogP contribution in [0.2, 0.25) is 0 Å². The number of nitriles is 1. The zero-order valence-electron chi connectivity index (χ0n) is 17.2. The molecule has 31 heavy (non-hydrogen) atoms. The van der Waals surface area contributed by atoms with Crippen molar-refractivity contribution in [1.82, 2.24) is 0 Å². The molecule has 0 spiro atoms. The molecule has 0 atom stereocenters. The maximum Gasteiger partial charge on any atom is 0.311 e. The van der Waals surface area contributed by atoms with Gasteiger partial charge < -0.3 is 18.9 Å². The van der Waals surface area contributed by atoms with Gasteiger partial charge in [-0.3, -0.25) is 10.1 Å². The first-order valence-corrected chi connectivity index (χ1v) is 10.3. The van der Waals surface area contributed by atoms with Gasteiger partial charge >= 0.3 is 5.69 Å². The molecule has 2 rings (SSSR count). The Labute approximate surface area is 179 Å². The SMILES string of the molecule is COc1cc(OC)c(C=C(C#N)S(=O)(=O)Cc2ccc(OC)c([N+](=O)[O-])c2)c(OC)c1. The van der Waals surface area contributed by atoms with Gasteiger partial charge in [-0.25, -0.2) is 8.42 Å². The van der Waals surface area contributed by atoms with Gasteiger partial charge in [0.15, 0.2) is 15.6 Å². The van der Waals surface area contributed by atoms with Crippen molar-refractivity contribution in [1.29, 1.82) is 5.26 Å². The lowest BCUT2D eigenvalue weighted by molar-refractivity contribution is -0.385. The minimum Gasteiger partial charge on any atom is -0.496 e. The third kappa shape index (κ3) is 5.23. The molecule has 0 aliphatic rings. The highest BCUT2D eigenvalue weighted by molar-refractivity contribution is 7.95. The van der Waals surface area contributed by atoms with E-state index in [4.69, 9.17) is 18.9 Å². The van der Waals surface area contributed by atoms with Gasteiger partial charge in [-0.15, -0.1) is 0 Å². The van der Waals surface area contributed by atoms with Crippen molar-refractivity contribution in [2.24, 2.45) is 0 Å². The summed E-state index contributed by atoms with van der Waals surface area (Å²) in [4.78, 5) is 9.96. The number of rotatable bonds is 9. The molecule has 0 heterocycles. The minimum atomic E-state index is -4.16. The average molecular weight is 448 g/mol. The van der Waals surface area contributed by atoms with Gasteiger partial charge in [0.25, 0.3) is 0 Å². The van der Waals surface area contributed by atoms with Crippen LogP contribution in [0.5, 0.6) is 23.0 Å². The van der Waals surface area contributed by atoms with Crippen molar-refractivity contribution in [2.75, 3.05) is 28.4 Å².